The van der Waals surface area contributed by atoms with Crippen LogP contribution >= 0.6 is 0 Å². The lowest BCUT2D eigenvalue weighted by Crippen LogP contribution is -2.40. The van der Waals surface area contributed by atoms with Crippen LogP contribution in [0.15, 0.2) is 42.6 Å². The van der Waals surface area contributed by atoms with Crippen molar-refractivity contribution >= 4 is 28.6 Å². The molecule has 9 nitrogen and oxygen atoms in total. The van der Waals surface area contributed by atoms with E-state index in [4.69, 9.17) is 9.47 Å². The number of amides is 2. The number of methoxy groups -OCH3 is 1. The van der Waals surface area contributed by atoms with Gasteiger partial charge in [0.05, 0.1) is 42.8 Å². The second-order valence-corrected chi connectivity index (χ2v) is 6.58. The Bertz CT molecular complexity index is 941. The van der Waals surface area contributed by atoms with Crippen LogP contribution in [0.5, 0.6) is 0 Å². The fourth-order valence-corrected chi connectivity index (χ4v) is 2.99. The molecule has 2 aromatic heterocycles. The Kier molecular flexibility index (Phi) is 5.36. The molecule has 146 valence electrons. The summed E-state index contributed by atoms with van der Waals surface area (Å²) in [5, 5.41) is 17.1. The molecule has 0 spiro atoms. The summed E-state index contributed by atoms with van der Waals surface area (Å²) in [4.78, 5) is 16.8. The van der Waals surface area contributed by atoms with Crippen LogP contribution in [-0.2, 0) is 9.47 Å². The molecule has 1 aliphatic heterocycles. The minimum Gasteiger partial charge on any atom is -0.382 e. The number of carbonyl (C=O) groups excluding carboxylic acids is 1. The summed E-state index contributed by atoms with van der Waals surface area (Å²) in [5.41, 5.74) is 1.75. The summed E-state index contributed by atoms with van der Waals surface area (Å²) in [6.45, 7) is 1.71. The van der Waals surface area contributed by atoms with Crippen molar-refractivity contribution in [2.24, 2.45) is 0 Å². The number of rotatable bonds is 7. The number of aromatic nitrogens is 3. The first-order valence-electron chi connectivity index (χ1n) is 9.02. The van der Waals surface area contributed by atoms with Gasteiger partial charge in [-0.3, -0.25) is 10.4 Å². The van der Waals surface area contributed by atoms with Crippen LogP contribution in [-0.4, -0.2) is 54.2 Å². The number of pyridine rings is 1. The number of ether oxygens (including phenoxy) is 2. The highest BCUT2D eigenvalue weighted by molar-refractivity contribution is 5.94. The van der Waals surface area contributed by atoms with Gasteiger partial charge in [-0.2, -0.15) is 5.10 Å². The molecule has 4 N–H and O–H groups in total. The second-order valence-electron chi connectivity index (χ2n) is 6.58. The van der Waals surface area contributed by atoms with Crippen LogP contribution in [0.3, 0.4) is 0 Å². The Balaban J connectivity index is 1.42. The van der Waals surface area contributed by atoms with Crippen molar-refractivity contribution in [2.45, 2.75) is 12.1 Å². The highest BCUT2D eigenvalue weighted by atomic mass is 16.5. The molecule has 1 atom stereocenters. The van der Waals surface area contributed by atoms with Gasteiger partial charge in [0.15, 0.2) is 5.82 Å². The summed E-state index contributed by atoms with van der Waals surface area (Å²) >= 11 is 0. The maximum Gasteiger partial charge on any atom is 0.320 e. The van der Waals surface area contributed by atoms with Crippen molar-refractivity contribution in [2.75, 3.05) is 37.6 Å². The molecule has 3 heterocycles. The standard InChI is InChI=1S/C19H22N6O3/c1-27-11-16(12-5-3-2-4-6-12)22-19(26)23-17-7-15-14(8-20-17)18(25-24-15)21-13-9-28-10-13/h2-8,13,16H,9-11H2,1H3,(H2,21,24,25)(H2,20,22,23,26)/t16-/m1/s1. The highest BCUT2D eigenvalue weighted by Crippen LogP contribution is 2.23. The van der Waals surface area contributed by atoms with E-state index >= 15 is 0 Å². The maximum atomic E-state index is 12.4. The molecule has 1 fully saturated rings. The van der Waals surface area contributed by atoms with Gasteiger partial charge in [-0.1, -0.05) is 30.3 Å². The van der Waals surface area contributed by atoms with Gasteiger partial charge < -0.3 is 20.1 Å². The zero-order chi connectivity index (χ0) is 19.3. The molecule has 0 radical (unpaired) electrons. The quantitative estimate of drug-likeness (QED) is 0.499. The topological polar surface area (TPSA) is 113 Å². The largest absolute Gasteiger partial charge is 0.382 e. The maximum absolute atomic E-state index is 12.4. The van der Waals surface area contributed by atoms with E-state index in [-0.39, 0.29) is 18.1 Å². The summed E-state index contributed by atoms with van der Waals surface area (Å²) in [6.07, 6.45) is 1.68. The zero-order valence-corrected chi connectivity index (χ0v) is 15.4. The van der Waals surface area contributed by atoms with Crippen LogP contribution in [0, 0.1) is 0 Å². The lowest BCUT2D eigenvalue weighted by molar-refractivity contribution is 0.0210. The van der Waals surface area contributed by atoms with Crippen LogP contribution in [0.2, 0.25) is 0 Å². The average Bonchev–Trinajstić information content (AvgIpc) is 3.07. The van der Waals surface area contributed by atoms with Gasteiger partial charge in [-0.25, -0.2) is 9.78 Å². The van der Waals surface area contributed by atoms with Gasteiger partial charge in [0.1, 0.15) is 5.82 Å². The lowest BCUT2D eigenvalue weighted by Gasteiger charge is -2.26. The first-order valence-corrected chi connectivity index (χ1v) is 9.02. The van der Waals surface area contributed by atoms with E-state index in [0.717, 1.165) is 22.3 Å². The summed E-state index contributed by atoms with van der Waals surface area (Å²) in [7, 11) is 1.60. The number of nitrogens with zero attached hydrogens (tertiary/aromatic N) is 2. The Labute approximate surface area is 161 Å². The van der Waals surface area contributed by atoms with E-state index in [9.17, 15) is 4.79 Å². The molecular weight excluding hydrogens is 360 g/mol. The molecular formula is C19H22N6O3. The van der Waals surface area contributed by atoms with Crippen molar-refractivity contribution in [3.8, 4) is 0 Å². The molecule has 4 rings (SSSR count). The number of carbonyl (C=O) groups is 1. The average molecular weight is 382 g/mol. The molecule has 0 unspecified atom stereocenters. The van der Waals surface area contributed by atoms with Crippen molar-refractivity contribution in [1.82, 2.24) is 20.5 Å². The van der Waals surface area contributed by atoms with Gasteiger partial charge in [-0.05, 0) is 5.56 Å². The molecule has 0 saturated carbocycles. The van der Waals surface area contributed by atoms with Crippen LogP contribution in [0.1, 0.15) is 11.6 Å². The number of benzene rings is 1. The molecule has 2 amide bonds. The van der Waals surface area contributed by atoms with Gasteiger partial charge >= 0.3 is 6.03 Å². The number of hydrogen-bond donors (Lipinski definition) is 4. The van der Waals surface area contributed by atoms with E-state index < -0.39 is 0 Å². The Morgan fingerprint density at radius 3 is 2.89 bits per heavy atom. The third-order valence-electron chi connectivity index (χ3n) is 4.51. The molecule has 28 heavy (non-hydrogen) atoms. The smallest absolute Gasteiger partial charge is 0.320 e. The Morgan fingerprint density at radius 1 is 1.36 bits per heavy atom. The number of aromatic amines is 1. The summed E-state index contributed by atoms with van der Waals surface area (Å²) in [5.74, 6) is 1.16. The van der Waals surface area contributed by atoms with E-state index in [0.29, 0.717) is 25.6 Å². The van der Waals surface area contributed by atoms with Crippen molar-refractivity contribution in [1.29, 1.82) is 0 Å². The number of fused-ring (bicyclic) bond motifs is 1. The predicted octanol–water partition coefficient (Wildman–Crippen LogP) is 2.28. The molecule has 1 saturated heterocycles. The number of urea groups is 1. The Hall–Kier alpha value is -3.17. The molecule has 0 bridgehead atoms. The monoisotopic (exact) mass is 382 g/mol. The van der Waals surface area contributed by atoms with Crippen molar-refractivity contribution < 1.29 is 14.3 Å². The van der Waals surface area contributed by atoms with E-state index in [1.807, 2.05) is 30.3 Å². The third kappa shape index (κ3) is 4.05. The fraction of sp³-hybridized carbons (Fsp3) is 0.316. The van der Waals surface area contributed by atoms with Crippen molar-refractivity contribution in [3.05, 3.63) is 48.2 Å². The van der Waals surface area contributed by atoms with Crippen LogP contribution in [0.25, 0.3) is 10.9 Å². The van der Waals surface area contributed by atoms with Gasteiger partial charge in [0.2, 0.25) is 0 Å². The lowest BCUT2D eigenvalue weighted by atomic mass is 10.1. The molecule has 3 aromatic rings. The predicted molar refractivity (Wildman–Crippen MR) is 105 cm³/mol. The Morgan fingerprint density at radius 2 is 2.18 bits per heavy atom. The molecule has 9 heteroatoms. The first kappa shape index (κ1) is 18.2. The third-order valence-corrected chi connectivity index (χ3v) is 4.51. The van der Waals surface area contributed by atoms with Gasteiger partial charge in [-0.15, -0.1) is 0 Å². The second kappa shape index (κ2) is 8.24. The van der Waals surface area contributed by atoms with Crippen LogP contribution < -0.4 is 16.0 Å². The number of anilines is 2. The summed E-state index contributed by atoms with van der Waals surface area (Å²) < 4.78 is 10.4. The first-order chi connectivity index (χ1) is 13.7. The number of hydrogen-bond acceptors (Lipinski definition) is 6. The van der Waals surface area contributed by atoms with Gasteiger partial charge in [0.25, 0.3) is 0 Å². The van der Waals surface area contributed by atoms with E-state index in [2.05, 4.69) is 31.1 Å². The van der Waals surface area contributed by atoms with E-state index in [1.54, 1.807) is 19.4 Å². The molecule has 1 aliphatic rings. The SMILES string of the molecule is COC[C@@H](NC(=O)Nc1cc2[nH]nc(NC3COC3)c2cn1)c1ccccc1. The highest BCUT2D eigenvalue weighted by Gasteiger charge is 2.20. The molecule has 1 aromatic carbocycles. The fourth-order valence-electron chi connectivity index (χ4n) is 2.99. The number of H-pyrrole nitrogens is 1. The number of nitrogens with one attached hydrogen (secondary N) is 4. The normalized spacial score (nSPS) is 15.0. The minimum absolute atomic E-state index is 0.261. The zero-order valence-electron chi connectivity index (χ0n) is 15.4. The van der Waals surface area contributed by atoms with Crippen LogP contribution in [0.4, 0.5) is 16.4 Å². The molecule has 0 aliphatic carbocycles. The van der Waals surface area contributed by atoms with Crippen molar-refractivity contribution in [3.63, 3.8) is 0 Å². The van der Waals surface area contributed by atoms with Gasteiger partial charge in [0, 0.05) is 19.4 Å². The van der Waals surface area contributed by atoms with E-state index in [1.165, 1.54) is 0 Å². The summed E-state index contributed by atoms with van der Waals surface area (Å²) in [6, 6.07) is 11.1. The minimum atomic E-state index is -0.359.